The molecule has 2 aromatic carbocycles. The standard InChI is InChI=1S/C21H14N5O2S/c1-2-6-18-17(4-1)28-21-15(25-26-8-7-22-12-20(26)23-13-24-26)10-14(11-19(21)29-18)16-5-3-9-27-16/h1-13,25H/q+1. The van der Waals surface area contributed by atoms with E-state index >= 15 is 0 Å². The van der Waals surface area contributed by atoms with E-state index in [1.165, 1.54) is 6.34 Å². The fraction of sp³-hybridized carbons (Fsp3) is 0. The van der Waals surface area contributed by atoms with Crippen LogP contribution in [0.1, 0.15) is 0 Å². The molecular formula is C21H14N5O2S+. The Labute approximate surface area is 170 Å². The summed E-state index contributed by atoms with van der Waals surface area (Å²) in [5, 5.41) is 4.50. The number of aliphatic imine (C=N–C) groups is 2. The van der Waals surface area contributed by atoms with Crippen LogP contribution in [0.5, 0.6) is 11.5 Å². The topological polar surface area (TPSA) is 71.5 Å². The van der Waals surface area contributed by atoms with Crippen molar-refractivity contribution in [3.63, 3.8) is 0 Å². The molecule has 0 saturated carbocycles. The van der Waals surface area contributed by atoms with Crippen LogP contribution in [0.2, 0.25) is 0 Å². The first-order valence-electron chi connectivity index (χ1n) is 8.98. The van der Waals surface area contributed by atoms with Crippen LogP contribution < -0.4 is 10.2 Å². The highest BCUT2D eigenvalue weighted by Crippen LogP contribution is 2.52. The maximum atomic E-state index is 6.29. The fourth-order valence-electron chi connectivity index (χ4n) is 3.40. The Morgan fingerprint density at radius 2 is 2.00 bits per heavy atom. The number of fused-ring (bicyclic) bond motifs is 3. The van der Waals surface area contributed by atoms with Gasteiger partial charge in [0.1, 0.15) is 23.4 Å². The number of para-hydroxylation sites is 1. The predicted molar refractivity (Wildman–Crippen MR) is 112 cm³/mol. The molecule has 1 unspecified atom stereocenters. The number of quaternary nitrogens is 1. The quantitative estimate of drug-likeness (QED) is 0.476. The third-order valence-corrected chi connectivity index (χ3v) is 5.84. The van der Waals surface area contributed by atoms with Crippen molar-refractivity contribution in [2.75, 3.05) is 5.43 Å². The molecule has 0 radical (unpaired) electrons. The molecule has 1 aromatic heterocycles. The minimum Gasteiger partial charge on any atom is -0.464 e. The van der Waals surface area contributed by atoms with E-state index in [0.717, 1.165) is 38.3 Å². The van der Waals surface area contributed by atoms with Crippen molar-refractivity contribution >= 4 is 35.8 Å². The van der Waals surface area contributed by atoms with Crippen molar-refractivity contribution in [1.29, 1.82) is 0 Å². The monoisotopic (exact) mass is 400 g/mol. The maximum Gasteiger partial charge on any atom is 0.305 e. The van der Waals surface area contributed by atoms with Gasteiger partial charge >= 0.3 is 5.84 Å². The van der Waals surface area contributed by atoms with E-state index < -0.39 is 0 Å². The summed E-state index contributed by atoms with van der Waals surface area (Å²) >= 11 is 1.67. The lowest BCUT2D eigenvalue weighted by Crippen LogP contribution is -2.48. The first-order chi connectivity index (χ1) is 14.3. The van der Waals surface area contributed by atoms with Crippen LogP contribution >= 0.6 is 11.8 Å². The van der Waals surface area contributed by atoms with Gasteiger partial charge in [0.15, 0.2) is 18.3 Å². The Morgan fingerprint density at radius 1 is 1.03 bits per heavy atom. The van der Waals surface area contributed by atoms with Crippen LogP contribution in [-0.4, -0.2) is 23.1 Å². The predicted octanol–water partition coefficient (Wildman–Crippen LogP) is 5.26. The molecule has 4 heterocycles. The largest absolute Gasteiger partial charge is 0.464 e. The number of rotatable bonds is 3. The van der Waals surface area contributed by atoms with Gasteiger partial charge in [-0.25, -0.2) is 0 Å². The Hall–Kier alpha value is -3.62. The van der Waals surface area contributed by atoms with E-state index in [1.807, 2.05) is 42.6 Å². The fourth-order valence-corrected chi connectivity index (χ4v) is 4.42. The van der Waals surface area contributed by atoms with E-state index in [9.17, 15) is 0 Å². The molecule has 3 aliphatic heterocycles. The summed E-state index contributed by atoms with van der Waals surface area (Å²) < 4.78 is 11.9. The second kappa shape index (κ2) is 6.20. The zero-order valence-corrected chi connectivity index (χ0v) is 15.8. The van der Waals surface area contributed by atoms with Crippen LogP contribution in [0.3, 0.4) is 0 Å². The second-order valence-corrected chi connectivity index (χ2v) is 7.65. The van der Waals surface area contributed by atoms with Gasteiger partial charge in [-0.3, -0.25) is 4.99 Å². The minimum atomic E-state index is -0.00672. The molecule has 0 spiro atoms. The number of hydrogen-bond acceptors (Lipinski definition) is 7. The lowest BCUT2D eigenvalue weighted by atomic mass is 10.1. The number of hydrogen-bond donors (Lipinski definition) is 1. The Morgan fingerprint density at radius 3 is 2.93 bits per heavy atom. The van der Waals surface area contributed by atoms with Crippen molar-refractivity contribution < 1.29 is 13.9 Å². The number of furan rings is 1. The molecule has 1 atom stereocenters. The molecule has 7 nitrogen and oxygen atoms in total. The maximum absolute atomic E-state index is 6.29. The smallest absolute Gasteiger partial charge is 0.305 e. The van der Waals surface area contributed by atoms with Crippen LogP contribution in [0, 0.1) is 0 Å². The highest BCUT2D eigenvalue weighted by molar-refractivity contribution is 7.99. The van der Waals surface area contributed by atoms with E-state index in [-0.39, 0.29) is 4.70 Å². The third kappa shape index (κ3) is 2.61. The van der Waals surface area contributed by atoms with Crippen LogP contribution in [0.15, 0.2) is 96.5 Å². The molecule has 3 aliphatic rings. The highest BCUT2D eigenvalue weighted by Gasteiger charge is 2.39. The summed E-state index contributed by atoms with van der Waals surface area (Å²) in [4.78, 5) is 10.5. The summed E-state index contributed by atoms with van der Waals surface area (Å²) in [6, 6.07) is 15.9. The lowest BCUT2D eigenvalue weighted by Gasteiger charge is -2.28. The highest BCUT2D eigenvalue weighted by atomic mass is 32.2. The average Bonchev–Trinajstić information content (AvgIpc) is 3.42. The summed E-state index contributed by atoms with van der Waals surface area (Å²) in [5.74, 6) is 3.03. The molecule has 1 N–H and O–H groups in total. The summed E-state index contributed by atoms with van der Waals surface area (Å²) in [7, 11) is 0. The zero-order chi connectivity index (χ0) is 19.3. The Balaban J connectivity index is 1.50. The molecule has 0 aliphatic carbocycles. The first kappa shape index (κ1) is 16.3. The number of anilines is 1. The molecule has 140 valence electrons. The van der Waals surface area contributed by atoms with Crippen molar-refractivity contribution in [2.24, 2.45) is 15.1 Å². The van der Waals surface area contributed by atoms with E-state index in [4.69, 9.17) is 9.15 Å². The number of benzene rings is 2. The van der Waals surface area contributed by atoms with Gasteiger partial charge in [-0.05, 0) is 46.2 Å². The van der Waals surface area contributed by atoms with Gasteiger partial charge in [-0.2, -0.15) is 10.4 Å². The number of nitrogens with one attached hydrogen (secondary N) is 1. The van der Waals surface area contributed by atoms with Gasteiger partial charge < -0.3 is 9.15 Å². The summed E-state index contributed by atoms with van der Waals surface area (Å²) in [6.45, 7) is 0. The van der Waals surface area contributed by atoms with E-state index in [2.05, 4.69) is 32.6 Å². The molecule has 6 rings (SSSR count). The van der Waals surface area contributed by atoms with Gasteiger partial charge in [0, 0.05) is 5.56 Å². The molecule has 0 amide bonds. The van der Waals surface area contributed by atoms with Crippen molar-refractivity contribution in [3.8, 4) is 22.8 Å². The van der Waals surface area contributed by atoms with Crippen LogP contribution in [0.25, 0.3) is 11.3 Å². The van der Waals surface area contributed by atoms with Crippen molar-refractivity contribution in [1.82, 2.24) is 0 Å². The third-order valence-electron chi connectivity index (χ3n) is 4.76. The molecule has 0 bridgehead atoms. The van der Waals surface area contributed by atoms with Gasteiger partial charge in [-0.15, -0.1) is 0 Å². The minimum absolute atomic E-state index is 0.00672. The summed E-state index contributed by atoms with van der Waals surface area (Å²) in [6.07, 6.45) is 8.41. The van der Waals surface area contributed by atoms with Gasteiger partial charge in [0.05, 0.1) is 22.3 Å². The normalized spacial score (nSPS) is 20.5. The van der Waals surface area contributed by atoms with Gasteiger partial charge in [0.25, 0.3) is 0 Å². The van der Waals surface area contributed by atoms with Gasteiger partial charge in [-0.1, -0.05) is 23.9 Å². The number of amidine groups is 1. The molecule has 0 fully saturated rings. The number of nitrogens with zero attached hydrogens (tertiary/aromatic N) is 4. The Kier molecular flexibility index (Phi) is 3.49. The van der Waals surface area contributed by atoms with Crippen LogP contribution in [-0.2, 0) is 0 Å². The first-order valence-corrected chi connectivity index (χ1v) is 9.79. The van der Waals surface area contributed by atoms with Crippen molar-refractivity contribution in [2.45, 2.75) is 9.79 Å². The average molecular weight is 400 g/mol. The lowest BCUT2D eigenvalue weighted by molar-refractivity contribution is -0.766. The SMILES string of the molecule is C1=C[N+]2(Nc3cc(-c4ccco4)cc4c3Oc3ccccc3S4)N=CN=C2C=N1. The number of ether oxygens (including phenoxy) is 1. The molecule has 8 heteroatoms. The van der Waals surface area contributed by atoms with E-state index in [0.29, 0.717) is 5.84 Å². The zero-order valence-electron chi connectivity index (χ0n) is 15.0. The van der Waals surface area contributed by atoms with Crippen molar-refractivity contribution in [3.05, 3.63) is 67.2 Å². The van der Waals surface area contributed by atoms with Crippen LogP contribution in [0.4, 0.5) is 5.69 Å². The summed E-state index contributed by atoms with van der Waals surface area (Å²) in [5.41, 5.74) is 5.19. The van der Waals surface area contributed by atoms with Gasteiger partial charge in [0.2, 0.25) is 0 Å². The second-order valence-electron chi connectivity index (χ2n) is 6.57. The van der Waals surface area contributed by atoms with E-state index in [1.54, 1.807) is 30.4 Å². The molecule has 0 saturated heterocycles. The molecule has 3 aromatic rings. The molecular weight excluding hydrogens is 386 g/mol. The molecule has 29 heavy (non-hydrogen) atoms. The Bertz CT molecular complexity index is 1250.